The Bertz CT molecular complexity index is 590. The van der Waals surface area contributed by atoms with Gasteiger partial charge < -0.3 is 5.11 Å². The predicted molar refractivity (Wildman–Crippen MR) is 81.4 cm³/mol. The molecule has 3 heteroatoms. The van der Waals surface area contributed by atoms with Gasteiger partial charge in [-0.05, 0) is 35.6 Å². The first-order valence-electron chi connectivity index (χ1n) is 6.67. The Kier molecular flexibility index (Phi) is 4.80. The van der Waals surface area contributed by atoms with Gasteiger partial charge in [-0.2, -0.15) is 0 Å². The summed E-state index contributed by atoms with van der Waals surface area (Å²) in [6.07, 6.45) is 1.43. The van der Waals surface area contributed by atoms with E-state index in [-0.39, 0.29) is 0 Å². The fourth-order valence-electron chi connectivity index (χ4n) is 2.23. The highest BCUT2D eigenvalue weighted by Crippen LogP contribution is 2.28. The minimum atomic E-state index is -0.849. The molecule has 2 aromatic rings. The third-order valence-corrected chi connectivity index (χ3v) is 3.79. The summed E-state index contributed by atoms with van der Waals surface area (Å²) in [6, 6.07) is 15.2. The van der Waals surface area contributed by atoms with Crippen LogP contribution in [0.5, 0.6) is 0 Å². The Morgan fingerprint density at radius 3 is 2.25 bits per heavy atom. The summed E-state index contributed by atoms with van der Waals surface area (Å²) in [5.74, 6) is -1.46. The van der Waals surface area contributed by atoms with E-state index < -0.39 is 11.9 Å². The maximum absolute atomic E-state index is 11.5. The second-order valence-corrected chi connectivity index (χ2v) is 5.19. The van der Waals surface area contributed by atoms with Crippen LogP contribution in [-0.2, 0) is 17.6 Å². The lowest BCUT2D eigenvalue weighted by Gasteiger charge is -2.14. The molecule has 0 aromatic heterocycles. The summed E-state index contributed by atoms with van der Waals surface area (Å²) in [5.41, 5.74) is 2.93. The largest absolute Gasteiger partial charge is 0.481 e. The number of hydrogen-bond acceptors (Lipinski definition) is 1. The Morgan fingerprint density at radius 2 is 1.70 bits per heavy atom. The van der Waals surface area contributed by atoms with E-state index in [2.05, 4.69) is 6.92 Å². The molecule has 0 aliphatic carbocycles. The zero-order valence-corrected chi connectivity index (χ0v) is 12.1. The van der Waals surface area contributed by atoms with Crippen LogP contribution in [-0.4, -0.2) is 11.1 Å². The van der Waals surface area contributed by atoms with Crippen molar-refractivity contribution in [3.8, 4) is 0 Å². The van der Waals surface area contributed by atoms with Gasteiger partial charge in [0.25, 0.3) is 0 Å². The topological polar surface area (TPSA) is 37.3 Å². The second-order valence-electron chi connectivity index (χ2n) is 4.79. The van der Waals surface area contributed by atoms with Crippen LogP contribution in [0.25, 0.3) is 0 Å². The van der Waals surface area contributed by atoms with Gasteiger partial charge in [0.2, 0.25) is 0 Å². The van der Waals surface area contributed by atoms with Crippen molar-refractivity contribution in [2.75, 3.05) is 0 Å². The molecule has 1 atom stereocenters. The van der Waals surface area contributed by atoms with Gasteiger partial charge in [-0.3, -0.25) is 4.79 Å². The fourth-order valence-corrected chi connectivity index (χ4v) is 2.50. The Hall–Kier alpha value is -1.80. The summed E-state index contributed by atoms with van der Waals surface area (Å²) < 4.78 is 0. The fraction of sp³-hybridized carbons (Fsp3) is 0.235. The maximum Gasteiger partial charge on any atom is 0.311 e. The van der Waals surface area contributed by atoms with E-state index in [1.54, 1.807) is 18.2 Å². The van der Waals surface area contributed by atoms with Crippen molar-refractivity contribution in [3.63, 3.8) is 0 Å². The van der Waals surface area contributed by atoms with Gasteiger partial charge in [-0.25, -0.2) is 0 Å². The first-order valence-corrected chi connectivity index (χ1v) is 7.04. The number of halogens is 1. The number of rotatable bonds is 5. The van der Waals surface area contributed by atoms with E-state index in [0.29, 0.717) is 17.0 Å². The van der Waals surface area contributed by atoms with Gasteiger partial charge in [0, 0.05) is 5.02 Å². The number of benzene rings is 2. The first kappa shape index (κ1) is 14.6. The number of carbonyl (C=O) groups is 1. The molecular weight excluding hydrogens is 272 g/mol. The molecule has 0 saturated carbocycles. The van der Waals surface area contributed by atoms with Crippen molar-refractivity contribution >= 4 is 17.6 Å². The normalized spacial score (nSPS) is 12.1. The third kappa shape index (κ3) is 3.40. The zero-order valence-electron chi connectivity index (χ0n) is 11.3. The summed E-state index contributed by atoms with van der Waals surface area (Å²) in [6.45, 7) is 2.10. The molecule has 1 unspecified atom stereocenters. The highest BCUT2D eigenvalue weighted by atomic mass is 35.5. The predicted octanol–water partition coefficient (Wildman–Crippen LogP) is 4.31. The van der Waals surface area contributed by atoms with Gasteiger partial charge in [0.15, 0.2) is 0 Å². The lowest BCUT2D eigenvalue weighted by Crippen LogP contribution is -2.15. The highest BCUT2D eigenvalue weighted by Gasteiger charge is 2.22. The van der Waals surface area contributed by atoms with Gasteiger partial charge in [0.1, 0.15) is 0 Å². The Balaban J connectivity index is 2.26. The molecule has 2 rings (SSSR count). The van der Waals surface area contributed by atoms with Crippen LogP contribution in [0.4, 0.5) is 0 Å². The molecule has 20 heavy (non-hydrogen) atoms. The quantitative estimate of drug-likeness (QED) is 0.890. The average Bonchev–Trinajstić information content (AvgIpc) is 2.46. The summed E-state index contributed by atoms with van der Waals surface area (Å²) in [7, 11) is 0. The summed E-state index contributed by atoms with van der Waals surface area (Å²) in [4.78, 5) is 11.5. The summed E-state index contributed by atoms with van der Waals surface area (Å²) in [5, 5.41) is 9.96. The van der Waals surface area contributed by atoms with Gasteiger partial charge >= 0.3 is 5.97 Å². The SMILES string of the molecule is CCc1ccc(CC(C(=O)O)c2ccccc2Cl)cc1. The van der Waals surface area contributed by atoms with Gasteiger partial charge in [-0.15, -0.1) is 0 Å². The van der Waals surface area contributed by atoms with Gasteiger partial charge in [0.05, 0.1) is 5.92 Å². The minimum Gasteiger partial charge on any atom is -0.481 e. The lowest BCUT2D eigenvalue weighted by atomic mass is 9.91. The zero-order chi connectivity index (χ0) is 14.5. The molecule has 2 aromatic carbocycles. The molecule has 0 amide bonds. The number of aryl methyl sites for hydroxylation is 1. The second kappa shape index (κ2) is 6.58. The van der Waals surface area contributed by atoms with Crippen LogP contribution < -0.4 is 0 Å². The molecule has 0 saturated heterocycles. The average molecular weight is 289 g/mol. The molecule has 0 aliphatic rings. The number of hydrogen-bond donors (Lipinski definition) is 1. The Labute approximate surface area is 124 Å². The van der Waals surface area contributed by atoms with E-state index in [9.17, 15) is 9.90 Å². The van der Waals surface area contributed by atoms with Crippen LogP contribution in [0.2, 0.25) is 5.02 Å². The Morgan fingerprint density at radius 1 is 1.10 bits per heavy atom. The lowest BCUT2D eigenvalue weighted by molar-refractivity contribution is -0.138. The molecule has 0 aliphatic heterocycles. The molecule has 104 valence electrons. The molecule has 0 spiro atoms. The van der Waals surface area contributed by atoms with Crippen molar-refractivity contribution in [3.05, 3.63) is 70.2 Å². The third-order valence-electron chi connectivity index (χ3n) is 3.45. The van der Waals surface area contributed by atoms with E-state index in [0.717, 1.165) is 12.0 Å². The van der Waals surface area contributed by atoms with E-state index in [1.165, 1.54) is 5.56 Å². The van der Waals surface area contributed by atoms with E-state index in [1.807, 2.05) is 30.3 Å². The van der Waals surface area contributed by atoms with Crippen LogP contribution in [0.3, 0.4) is 0 Å². The van der Waals surface area contributed by atoms with Crippen molar-refractivity contribution in [2.45, 2.75) is 25.7 Å². The van der Waals surface area contributed by atoms with Crippen LogP contribution >= 0.6 is 11.6 Å². The first-order chi connectivity index (χ1) is 9.61. The van der Waals surface area contributed by atoms with Crippen molar-refractivity contribution in [1.82, 2.24) is 0 Å². The maximum atomic E-state index is 11.5. The molecule has 0 heterocycles. The van der Waals surface area contributed by atoms with Crippen molar-refractivity contribution < 1.29 is 9.90 Å². The molecule has 2 nitrogen and oxygen atoms in total. The molecular formula is C17H17ClO2. The molecule has 0 bridgehead atoms. The molecule has 1 N–H and O–H groups in total. The van der Waals surface area contributed by atoms with Crippen molar-refractivity contribution in [1.29, 1.82) is 0 Å². The van der Waals surface area contributed by atoms with Crippen LogP contribution in [0.1, 0.15) is 29.5 Å². The van der Waals surface area contributed by atoms with Crippen LogP contribution in [0.15, 0.2) is 48.5 Å². The minimum absolute atomic E-state index is 0.447. The summed E-state index contributed by atoms with van der Waals surface area (Å²) >= 11 is 6.11. The molecule has 0 radical (unpaired) electrons. The standard InChI is InChI=1S/C17H17ClO2/c1-2-12-7-9-13(10-8-12)11-15(17(19)20)14-5-3-4-6-16(14)18/h3-10,15H,2,11H2,1H3,(H,19,20). The monoisotopic (exact) mass is 288 g/mol. The van der Waals surface area contributed by atoms with Crippen molar-refractivity contribution in [2.24, 2.45) is 0 Å². The van der Waals surface area contributed by atoms with E-state index in [4.69, 9.17) is 11.6 Å². The van der Waals surface area contributed by atoms with E-state index >= 15 is 0 Å². The molecule has 0 fully saturated rings. The van der Waals surface area contributed by atoms with Gasteiger partial charge in [-0.1, -0.05) is 61.0 Å². The van der Waals surface area contributed by atoms with Crippen LogP contribution in [0, 0.1) is 0 Å². The number of aliphatic carboxylic acids is 1. The number of carboxylic acids is 1. The highest BCUT2D eigenvalue weighted by molar-refractivity contribution is 6.31. The smallest absolute Gasteiger partial charge is 0.311 e. The number of carboxylic acid groups (broad SMARTS) is 1.